The number of hydrogen-bond acceptors (Lipinski definition) is 12. The van der Waals surface area contributed by atoms with Gasteiger partial charge in [-0.15, -0.1) is 0 Å². The van der Waals surface area contributed by atoms with Crippen molar-refractivity contribution in [3.05, 3.63) is 65.7 Å². The van der Waals surface area contributed by atoms with Crippen molar-refractivity contribution >= 4 is 53.2 Å². The molecule has 360 valence electrons. The molecule has 2 fully saturated rings. The van der Waals surface area contributed by atoms with Crippen molar-refractivity contribution < 1.29 is 58.1 Å². The van der Waals surface area contributed by atoms with E-state index in [0.717, 1.165) is 22.6 Å². The quantitative estimate of drug-likeness (QED) is 0.0853. The Morgan fingerprint density at radius 3 is 2.11 bits per heavy atom. The van der Waals surface area contributed by atoms with Gasteiger partial charge in [0.05, 0.1) is 6.54 Å². The van der Waals surface area contributed by atoms with Crippen LogP contribution >= 0.6 is 0 Å². The number of cyclic esters (lactones) is 1. The van der Waals surface area contributed by atoms with Crippen LogP contribution in [0, 0.1) is 5.92 Å². The van der Waals surface area contributed by atoms with Gasteiger partial charge in [-0.25, -0.2) is 4.79 Å². The molecule has 2 aliphatic rings. The molecule has 2 aliphatic heterocycles. The second-order valence-electron chi connectivity index (χ2n) is 17.1. The maximum atomic E-state index is 14.9. The number of piperidine rings is 1. The van der Waals surface area contributed by atoms with Gasteiger partial charge >= 0.3 is 5.97 Å². The Labute approximate surface area is 384 Å². The van der Waals surface area contributed by atoms with Crippen LogP contribution in [0.2, 0.25) is 0 Å². The minimum absolute atomic E-state index is 0.0541. The number of benzene rings is 2. The molecule has 0 aromatic heterocycles. The number of fused-ring (bicyclic) bond motifs is 2. The number of primary amides is 1. The number of aliphatic hydroxyl groups is 1. The zero-order valence-corrected chi connectivity index (χ0v) is 38.1. The van der Waals surface area contributed by atoms with Crippen LogP contribution < -0.4 is 32.3 Å². The first kappa shape index (κ1) is 52.1. The highest BCUT2D eigenvalue weighted by Gasteiger charge is 2.45. The van der Waals surface area contributed by atoms with E-state index in [1.807, 2.05) is 6.92 Å². The third-order valence-corrected chi connectivity index (χ3v) is 11.6. The molecular formula is C46H64N8O12. The largest absolute Gasteiger partial charge is 0.508 e. The summed E-state index contributed by atoms with van der Waals surface area (Å²) in [6.07, 6.45) is -1.86. The number of rotatable bonds is 15. The lowest BCUT2D eigenvalue weighted by Crippen LogP contribution is -2.65. The highest BCUT2D eigenvalue weighted by atomic mass is 16.5. The van der Waals surface area contributed by atoms with Crippen molar-refractivity contribution in [2.45, 2.75) is 140 Å². The molecular weight excluding hydrogens is 857 g/mol. The maximum absolute atomic E-state index is 14.9. The number of nitrogens with two attached hydrogens (primary N) is 1. The molecule has 2 bridgehead atoms. The molecule has 0 spiro atoms. The number of esters is 1. The molecule has 2 heterocycles. The molecule has 8 atom stereocenters. The van der Waals surface area contributed by atoms with E-state index in [2.05, 4.69) is 26.6 Å². The fourth-order valence-electron chi connectivity index (χ4n) is 7.78. The molecule has 0 unspecified atom stereocenters. The Bertz CT molecular complexity index is 2050. The summed E-state index contributed by atoms with van der Waals surface area (Å²) < 4.78 is 5.78. The Morgan fingerprint density at radius 2 is 1.47 bits per heavy atom. The van der Waals surface area contributed by atoms with Gasteiger partial charge in [-0.3, -0.25) is 38.4 Å². The molecule has 20 nitrogen and oxygen atoms in total. The van der Waals surface area contributed by atoms with Crippen LogP contribution in [0.5, 0.6) is 5.75 Å². The number of phenolic OH excluding ortho intramolecular Hbond substituents is 1. The van der Waals surface area contributed by atoms with E-state index in [9.17, 15) is 53.4 Å². The van der Waals surface area contributed by atoms with Crippen molar-refractivity contribution in [1.29, 1.82) is 0 Å². The highest BCUT2D eigenvalue weighted by molar-refractivity contribution is 5.98. The van der Waals surface area contributed by atoms with E-state index in [-0.39, 0.29) is 44.3 Å². The predicted octanol–water partition coefficient (Wildman–Crippen LogP) is -0.184. The summed E-state index contributed by atoms with van der Waals surface area (Å²) in [6.45, 7) is 5.93. The third-order valence-electron chi connectivity index (χ3n) is 11.6. The molecule has 9 N–H and O–H groups in total. The molecule has 0 aliphatic carbocycles. The Balaban J connectivity index is 1.83. The molecule has 2 aromatic carbocycles. The second kappa shape index (κ2) is 24.6. The van der Waals surface area contributed by atoms with Crippen molar-refractivity contribution in [2.75, 3.05) is 13.6 Å². The molecule has 66 heavy (non-hydrogen) atoms. The monoisotopic (exact) mass is 920 g/mol. The van der Waals surface area contributed by atoms with E-state index in [0.29, 0.717) is 17.5 Å². The van der Waals surface area contributed by atoms with E-state index >= 15 is 0 Å². The number of nitrogens with one attached hydrogen (secondary N) is 5. The van der Waals surface area contributed by atoms with Crippen LogP contribution in [0.25, 0.3) is 0 Å². The Kier molecular flexibility index (Phi) is 19.4. The zero-order valence-electron chi connectivity index (χ0n) is 38.1. The summed E-state index contributed by atoms with van der Waals surface area (Å²) in [7, 11) is 1.35. The maximum Gasteiger partial charge on any atom is 0.329 e. The molecule has 8 amide bonds. The average molecular weight is 921 g/mol. The van der Waals surface area contributed by atoms with Gasteiger partial charge in [-0.1, -0.05) is 76.1 Å². The van der Waals surface area contributed by atoms with Gasteiger partial charge in [0, 0.05) is 32.7 Å². The summed E-state index contributed by atoms with van der Waals surface area (Å²) in [5, 5.41) is 34.2. The van der Waals surface area contributed by atoms with Gasteiger partial charge in [-0.05, 0) is 61.8 Å². The van der Waals surface area contributed by atoms with E-state index in [4.69, 9.17) is 10.5 Å². The average Bonchev–Trinajstić information content (AvgIpc) is 3.27. The smallest absolute Gasteiger partial charge is 0.329 e. The minimum Gasteiger partial charge on any atom is -0.508 e. The first-order chi connectivity index (χ1) is 31.3. The molecule has 0 radical (unpaired) electrons. The van der Waals surface area contributed by atoms with Crippen LogP contribution in [-0.4, -0.2) is 135 Å². The first-order valence-corrected chi connectivity index (χ1v) is 22.4. The number of likely N-dealkylation sites (N-methyl/N-ethyl adjacent to an activating group) is 1. The topological polar surface area (TPSA) is 296 Å². The normalized spacial score (nSPS) is 24.8. The van der Waals surface area contributed by atoms with Crippen LogP contribution in [-0.2, 0) is 60.7 Å². The summed E-state index contributed by atoms with van der Waals surface area (Å²) in [5.74, 6) is -8.27. The number of phenols is 1. The van der Waals surface area contributed by atoms with Crippen LogP contribution in [0.3, 0.4) is 0 Å². The Morgan fingerprint density at radius 1 is 0.818 bits per heavy atom. The number of carbonyl (C=O) groups excluding carboxylic acids is 9. The number of ether oxygens (including phenoxy) is 1. The van der Waals surface area contributed by atoms with E-state index in [1.165, 1.54) is 26.1 Å². The standard InChI is InChI=1S/C46H64N8O12/c1-6-7-9-14-36(57)48-25-37(58)51-40-27(4)66-46(65)39(26(2)3)52-42(61)33(23-29-15-17-30(55)18-16-29)53(5)45(64)34(24-28-12-10-8-11-13-28)54-38(59)22-20-32(44(54)63)50-41(60)31(49-43(40)62)19-21-35(47)56/h8,10-13,15-18,26-27,31-34,38-40,55,59H,6-7,9,14,19-25H2,1-5H3,(H2,47,56)(H,48,57)(H,49,62)(H,50,60)(H,51,58)(H,52,61)/t27-,31+,32+,33+,34+,38-,39+,40+/m1/s1. The summed E-state index contributed by atoms with van der Waals surface area (Å²) >= 11 is 0. The minimum atomic E-state index is -1.72. The lowest BCUT2D eigenvalue weighted by atomic mass is 9.95. The number of carbonyl (C=O) groups is 9. The van der Waals surface area contributed by atoms with Crippen molar-refractivity contribution in [1.82, 2.24) is 36.4 Å². The molecule has 2 aromatic rings. The number of amides is 8. The van der Waals surface area contributed by atoms with E-state index < -0.39 is 121 Å². The van der Waals surface area contributed by atoms with Crippen molar-refractivity contribution in [3.8, 4) is 5.75 Å². The SMILES string of the molecule is CCCCCC(=O)NCC(=O)N[C@@H]1C(=O)N[C@@H](CCC(N)=O)C(=O)N[C@H]2CC[C@@H](O)N(C2=O)[C@@H](Cc2ccccc2)C(=O)N(C)[C@@H](Cc2ccc(O)cc2)C(=O)N[C@@H](C(C)C)C(=O)O[C@@H]1C. The molecule has 2 saturated heterocycles. The van der Waals surface area contributed by atoms with Crippen LogP contribution in [0.1, 0.15) is 90.2 Å². The number of hydrogen-bond donors (Lipinski definition) is 8. The molecule has 0 saturated carbocycles. The number of nitrogens with zero attached hydrogens (tertiary/aromatic N) is 2. The van der Waals surface area contributed by atoms with Gasteiger partial charge < -0.3 is 57.1 Å². The lowest BCUT2D eigenvalue weighted by Gasteiger charge is -2.43. The van der Waals surface area contributed by atoms with Gasteiger partial charge in [0.15, 0.2) is 0 Å². The number of unbranched alkanes of at least 4 members (excludes halogenated alkanes) is 2. The van der Waals surface area contributed by atoms with Crippen molar-refractivity contribution in [2.24, 2.45) is 11.7 Å². The summed E-state index contributed by atoms with van der Waals surface area (Å²) in [6, 6.07) is 5.67. The fraction of sp³-hybridized carbons (Fsp3) is 0.543. The van der Waals surface area contributed by atoms with Crippen molar-refractivity contribution in [3.63, 3.8) is 0 Å². The first-order valence-electron chi connectivity index (χ1n) is 22.4. The number of aliphatic hydroxyl groups excluding tert-OH is 1. The van der Waals surface area contributed by atoms with Gasteiger partial charge in [0.25, 0.3) is 0 Å². The van der Waals surface area contributed by atoms with Crippen LogP contribution in [0.15, 0.2) is 54.6 Å². The highest BCUT2D eigenvalue weighted by Crippen LogP contribution is 2.25. The third kappa shape index (κ3) is 14.7. The van der Waals surface area contributed by atoms with E-state index in [1.54, 1.807) is 56.3 Å². The Hall–Kier alpha value is -6.57. The van der Waals surface area contributed by atoms with Gasteiger partial charge in [-0.2, -0.15) is 0 Å². The molecule has 20 heteroatoms. The van der Waals surface area contributed by atoms with Crippen LogP contribution in [0.4, 0.5) is 0 Å². The second-order valence-corrected chi connectivity index (χ2v) is 17.1. The summed E-state index contributed by atoms with van der Waals surface area (Å²) in [5.41, 5.74) is 6.53. The fourth-order valence-corrected chi connectivity index (χ4v) is 7.78. The zero-order chi connectivity index (χ0) is 48.7. The molecule has 4 rings (SSSR count). The predicted molar refractivity (Wildman–Crippen MR) is 238 cm³/mol. The van der Waals surface area contributed by atoms with Gasteiger partial charge in [0.2, 0.25) is 47.3 Å². The summed E-state index contributed by atoms with van der Waals surface area (Å²) in [4.78, 5) is 126. The van der Waals surface area contributed by atoms with Gasteiger partial charge in [0.1, 0.15) is 54.3 Å². The lowest BCUT2D eigenvalue weighted by molar-refractivity contribution is -0.165. The number of aromatic hydroxyl groups is 1.